The third-order valence-corrected chi connectivity index (χ3v) is 0.526. The van der Waals surface area contributed by atoms with E-state index >= 15 is 0 Å². The van der Waals surface area contributed by atoms with E-state index in [-0.39, 0.29) is 0 Å². The van der Waals surface area contributed by atoms with Gasteiger partial charge < -0.3 is 4.74 Å². The van der Waals surface area contributed by atoms with Gasteiger partial charge in [-0.05, 0) is 13.8 Å². The van der Waals surface area contributed by atoms with Crippen LogP contribution in [0.3, 0.4) is 0 Å². The maximum atomic E-state index is 5.31. The normalized spacial score (nSPS) is 11.8. The summed E-state index contributed by atoms with van der Waals surface area (Å²) in [6.45, 7) is 3.60. The van der Waals surface area contributed by atoms with E-state index in [1.54, 1.807) is 21.0 Å². The van der Waals surface area contributed by atoms with Crippen LogP contribution in [0.15, 0.2) is 0 Å². The molecule has 0 fully saturated rings. The van der Waals surface area contributed by atoms with Crippen LogP contribution >= 0.6 is 0 Å². The Kier molecular flexibility index (Phi) is 1.66. The first-order chi connectivity index (χ1) is 2.56. The van der Waals surface area contributed by atoms with Gasteiger partial charge in [-0.2, -0.15) is 0 Å². The van der Waals surface area contributed by atoms with Crippen molar-refractivity contribution in [3.63, 3.8) is 0 Å². The van der Waals surface area contributed by atoms with Gasteiger partial charge in [-0.15, -0.1) is 0 Å². The monoisotopic (exact) mass is 84.1 g/mol. The van der Waals surface area contributed by atoms with E-state index in [4.69, 9.17) is 12.6 Å². The average molecular weight is 83.9 g/mol. The lowest BCUT2D eigenvalue weighted by atomic mass is 9.86. The molecule has 0 saturated heterocycles. The van der Waals surface area contributed by atoms with Crippen molar-refractivity contribution in [1.29, 1.82) is 0 Å². The fraction of sp³-hybridized carbons (Fsp3) is 1.00. The van der Waals surface area contributed by atoms with E-state index in [1.807, 2.05) is 0 Å². The summed E-state index contributed by atoms with van der Waals surface area (Å²) in [5.74, 6) is 0. The molecule has 34 valence electrons. The largest absolute Gasteiger partial charge is 0.389 e. The number of hydrogen-bond donors (Lipinski definition) is 0. The van der Waals surface area contributed by atoms with Gasteiger partial charge in [0.2, 0.25) is 0 Å². The van der Waals surface area contributed by atoms with Gasteiger partial charge in [-0.25, -0.2) is 0 Å². The minimum Gasteiger partial charge on any atom is -0.389 e. The number of methoxy groups -OCH3 is 1. The fourth-order valence-electron chi connectivity index (χ4n) is 0. The zero-order valence-corrected chi connectivity index (χ0v) is 4.49. The molecule has 0 aliphatic rings. The molecule has 0 heterocycles. The van der Waals surface area contributed by atoms with Crippen molar-refractivity contribution < 1.29 is 4.74 Å². The molecule has 0 unspecified atom stereocenters. The van der Waals surface area contributed by atoms with Crippen molar-refractivity contribution in [2.24, 2.45) is 0 Å². The highest BCUT2D eigenvalue weighted by atomic mass is 16.5. The van der Waals surface area contributed by atoms with Crippen LogP contribution in [0.4, 0.5) is 0 Å². The molecule has 0 saturated carbocycles. The third-order valence-electron chi connectivity index (χ3n) is 0.526. The summed E-state index contributed by atoms with van der Waals surface area (Å²) in [4.78, 5) is 0. The number of ether oxygens (including phenoxy) is 1. The van der Waals surface area contributed by atoms with E-state index in [1.165, 1.54) is 0 Å². The van der Waals surface area contributed by atoms with Crippen LogP contribution in [-0.2, 0) is 4.74 Å². The summed E-state index contributed by atoms with van der Waals surface area (Å²) in [7, 11) is 6.90. The summed E-state index contributed by atoms with van der Waals surface area (Å²) in [6.07, 6.45) is 0. The fourth-order valence-corrected chi connectivity index (χ4v) is 0. The molecule has 0 N–H and O–H groups in total. The number of rotatable bonds is 1. The Labute approximate surface area is 40.1 Å². The molecule has 0 bridgehead atoms. The van der Waals surface area contributed by atoms with Gasteiger partial charge >= 0.3 is 0 Å². The van der Waals surface area contributed by atoms with E-state index in [2.05, 4.69) is 0 Å². The van der Waals surface area contributed by atoms with Gasteiger partial charge in [0.25, 0.3) is 0 Å². The van der Waals surface area contributed by atoms with E-state index < -0.39 is 5.50 Å². The van der Waals surface area contributed by atoms with Gasteiger partial charge in [0.15, 0.2) is 0 Å². The average Bonchev–Trinajstić information content (AvgIpc) is 1.35. The van der Waals surface area contributed by atoms with E-state index in [0.29, 0.717) is 0 Å². The van der Waals surface area contributed by atoms with Gasteiger partial charge in [0.05, 0.1) is 0 Å². The highest BCUT2D eigenvalue weighted by Crippen LogP contribution is 1.96. The second kappa shape index (κ2) is 1.65. The maximum absolute atomic E-state index is 5.31. The molecule has 6 heavy (non-hydrogen) atoms. The van der Waals surface area contributed by atoms with Gasteiger partial charge in [0, 0.05) is 12.6 Å². The molecule has 0 aliphatic carbocycles. The lowest BCUT2D eigenvalue weighted by Gasteiger charge is -2.14. The molecule has 0 spiro atoms. The maximum Gasteiger partial charge on any atom is 0.112 e. The zero-order valence-electron chi connectivity index (χ0n) is 4.49. The first kappa shape index (κ1) is 6.02. The van der Waals surface area contributed by atoms with Crippen molar-refractivity contribution in [2.45, 2.75) is 19.3 Å². The molecular formula is C4H9BO. The summed E-state index contributed by atoms with van der Waals surface area (Å²) in [5.41, 5.74) is -0.458. The topological polar surface area (TPSA) is 9.23 Å². The highest BCUT2D eigenvalue weighted by Gasteiger charge is 2.03. The Hall–Kier alpha value is 0.0249. The van der Waals surface area contributed by atoms with Gasteiger partial charge in [-0.3, -0.25) is 0 Å². The molecule has 2 heteroatoms. The van der Waals surface area contributed by atoms with Crippen LogP contribution in [0.5, 0.6) is 0 Å². The smallest absolute Gasteiger partial charge is 0.112 e. The van der Waals surface area contributed by atoms with Gasteiger partial charge in [0.1, 0.15) is 7.85 Å². The summed E-state index contributed by atoms with van der Waals surface area (Å²) in [6, 6.07) is 0. The second-order valence-corrected chi connectivity index (χ2v) is 1.81. The Morgan fingerprint density at radius 3 is 1.67 bits per heavy atom. The van der Waals surface area contributed by atoms with Crippen LogP contribution in [-0.4, -0.2) is 20.5 Å². The Morgan fingerprint density at radius 1 is 1.50 bits per heavy atom. The van der Waals surface area contributed by atoms with Crippen molar-refractivity contribution in [3.05, 3.63) is 0 Å². The molecule has 1 nitrogen and oxygen atoms in total. The Morgan fingerprint density at radius 2 is 1.67 bits per heavy atom. The molecule has 0 aliphatic heterocycles. The predicted molar refractivity (Wildman–Crippen MR) is 26.8 cm³/mol. The van der Waals surface area contributed by atoms with Crippen LogP contribution < -0.4 is 0 Å². The standard InChI is InChI=1S/C4H9BO/c1-4(2,5)6-3/h1-3H3. The summed E-state index contributed by atoms with van der Waals surface area (Å²) in [5, 5.41) is 0. The first-order valence-corrected chi connectivity index (χ1v) is 1.90. The lowest BCUT2D eigenvalue weighted by Crippen LogP contribution is -2.21. The molecule has 0 aromatic rings. The summed E-state index contributed by atoms with van der Waals surface area (Å²) < 4.78 is 4.72. The van der Waals surface area contributed by atoms with Crippen LogP contribution in [0, 0.1) is 0 Å². The SMILES string of the molecule is [B]C(C)(C)OC. The second-order valence-electron chi connectivity index (χ2n) is 1.81. The Balaban J connectivity index is 3.17. The molecule has 2 radical (unpaired) electrons. The van der Waals surface area contributed by atoms with E-state index in [9.17, 15) is 0 Å². The van der Waals surface area contributed by atoms with Crippen molar-refractivity contribution in [3.8, 4) is 0 Å². The number of hydrogen-bond acceptors (Lipinski definition) is 1. The van der Waals surface area contributed by atoms with Crippen molar-refractivity contribution in [1.82, 2.24) is 0 Å². The molecule has 0 amide bonds. The van der Waals surface area contributed by atoms with Crippen LogP contribution in [0.2, 0.25) is 0 Å². The minimum absolute atomic E-state index is 0.458. The van der Waals surface area contributed by atoms with Gasteiger partial charge in [-0.1, -0.05) is 0 Å². The lowest BCUT2D eigenvalue weighted by molar-refractivity contribution is 0.0958. The third kappa shape index (κ3) is 4.02. The van der Waals surface area contributed by atoms with Crippen LogP contribution in [0.25, 0.3) is 0 Å². The minimum atomic E-state index is -0.458. The molecule has 0 aromatic carbocycles. The molecular weight excluding hydrogens is 74.9 g/mol. The highest BCUT2D eigenvalue weighted by molar-refractivity contribution is 6.13. The summed E-state index contributed by atoms with van der Waals surface area (Å²) >= 11 is 0. The molecule has 0 atom stereocenters. The quantitative estimate of drug-likeness (QED) is 0.421. The van der Waals surface area contributed by atoms with Crippen molar-refractivity contribution in [2.75, 3.05) is 7.11 Å². The molecule has 0 rings (SSSR count). The Bertz CT molecular complexity index is 37.3. The van der Waals surface area contributed by atoms with E-state index in [0.717, 1.165) is 0 Å². The van der Waals surface area contributed by atoms with Crippen molar-refractivity contribution >= 4 is 7.85 Å². The van der Waals surface area contributed by atoms with Crippen LogP contribution in [0.1, 0.15) is 13.8 Å². The molecule has 0 aromatic heterocycles. The zero-order chi connectivity index (χ0) is 5.21. The first-order valence-electron chi connectivity index (χ1n) is 1.90. The predicted octanol–water partition coefficient (Wildman–Crippen LogP) is 0.537.